The highest BCUT2D eigenvalue weighted by molar-refractivity contribution is 6.35. The highest BCUT2D eigenvalue weighted by Crippen LogP contribution is 2.32. The molecule has 0 fully saturated rings. The van der Waals surface area contributed by atoms with Crippen LogP contribution in [0.4, 0.5) is 0 Å². The van der Waals surface area contributed by atoms with Gasteiger partial charge in [-0.25, -0.2) is 0 Å². The van der Waals surface area contributed by atoms with E-state index in [1.54, 1.807) is 6.07 Å². The van der Waals surface area contributed by atoms with E-state index in [4.69, 9.17) is 34.8 Å². The van der Waals surface area contributed by atoms with Gasteiger partial charge in [0.1, 0.15) is 0 Å². The number of halogens is 3. The first kappa shape index (κ1) is 22.7. The maximum Gasteiger partial charge on any atom is 0.0724 e. The van der Waals surface area contributed by atoms with Crippen molar-refractivity contribution in [2.24, 2.45) is 0 Å². The van der Waals surface area contributed by atoms with Crippen molar-refractivity contribution >= 4 is 34.8 Å². The molecule has 0 heterocycles. The van der Waals surface area contributed by atoms with Crippen LogP contribution in [0.2, 0.25) is 15.1 Å². The van der Waals surface area contributed by atoms with Gasteiger partial charge in [0, 0.05) is 33.9 Å². The number of aryl methyl sites for hydroxylation is 1. The normalized spacial score (nSPS) is 12.9. The average Bonchev–Trinajstić information content (AvgIpc) is 2.76. The molecule has 0 unspecified atom stereocenters. The van der Waals surface area contributed by atoms with Crippen molar-refractivity contribution in [3.63, 3.8) is 0 Å². The first-order valence-electron chi connectivity index (χ1n) is 9.85. The predicted octanol–water partition coefficient (Wildman–Crippen LogP) is 7.38. The second-order valence-corrected chi connectivity index (χ2v) is 8.45. The van der Waals surface area contributed by atoms with Crippen LogP contribution in [-0.4, -0.2) is 7.05 Å². The molecule has 0 aromatic heterocycles. The van der Waals surface area contributed by atoms with Gasteiger partial charge in [0.05, 0.1) is 6.04 Å². The molecule has 0 aliphatic rings. The Bertz CT molecular complexity index is 971. The molecule has 3 rings (SSSR count). The van der Waals surface area contributed by atoms with E-state index in [-0.39, 0.29) is 12.1 Å². The van der Waals surface area contributed by atoms with Gasteiger partial charge in [0.2, 0.25) is 0 Å². The molecule has 2 atom stereocenters. The Kier molecular flexibility index (Phi) is 8.24. The van der Waals surface area contributed by atoms with Gasteiger partial charge in [-0.05, 0) is 53.8 Å². The summed E-state index contributed by atoms with van der Waals surface area (Å²) in [6.07, 6.45) is 1.73. The molecule has 0 radical (unpaired) electrons. The molecule has 0 saturated carbocycles. The van der Waals surface area contributed by atoms with Gasteiger partial charge in [-0.15, -0.1) is 0 Å². The molecule has 2 N–H and O–H groups in total. The lowest BCUT2D eigenvalue weighted by Gasteiger charge is -2.29. The summed E-state index contributed by atoms with van der Waals surface area (Å²) < 4.78 is 0. The first-order valence-corrected chi connectivity index (χ1v) is 11.0. The number of likely N-dealkylation sites (N-methyl/N-ethyl adjacent to an activating group) is 1. The molecule has 0 aliphatic heterocycles. The van der Waals surface area contributed by atoms with Crippen LogP contribution in [0.25, 0.3) is 0 Å². The summed E-state index contributed by atoms with van der Waals surface area (Å²) in [7, 11) is 1.89. The summed E-state index contributed by atoms with van der Waals surface area (Å²) in [6.45, 7) is 4.22. The quantitative estimate of drug-likeness (QED) is 0.348. The topological polar surface area (TPSA) is 24.1 Å². The summed E-state index contributed by atoms with van der Waals surface area (Å²) in [5, 5.41) is 8.98. The molecule has 3 aromatic rings. The predicted molar refractivity (Wildman–Crippen MR) is 129 cm³/mol. The summed E-state index contributed by atoms with van der Waals surface area (Å²) in [6, 6.07) is 23.8. The second kappa shape index (κ2) is 10.9. The van der Waals surface area contributed by atoms with E-state index < -0.39 is 0 Å². The zero-order valence-corrected chi connectivity index (χ0v) is 19.1. The number of benzene rings is 3. The molecule has 156 valence electrons. The van der Waals surface area contributed by atoms with Crippen molar-refractivity contribution in [3.05, 3.63) is 117 Å². The van der Waals surface area contributed by atoms with Crippen molar-refractivity contribution in [1.29, 1.82) is 0 Å². The third-order valence-electron chi connectivity index (χ3n) is 5.14. The molecule has 30 heavy (non-hydrogen) atoms. The summed E-state index contributed by atoms with van der Waals surface area (Å²) in [4.78, 5) is 0. The minimum Gasteiger partial charge on any atom is -0.390 e. The third-order valence-corrected chi connectivity index (χ3v) is 5.96. The van der Waals surface area contributed by atoms with Crippen LogP contribution in [-0.2, 0) is 6.42 Å². The maximum atomic E-state index is 6.59. The smallest absolute Gasteiger partial charge is 0.0724 e. The molecule has 5 heteroatoms. The number of hydrogen-bond donors (Lipinski definition) is 2. The highest BCUT2D eigenvalue weighted by atomic mass is 35.5. The van der Waals surface area contributed by atoms with E-state index in [0.717, 1.165) is 34.7 Å². The molecule has 0 aliphatic carbocycles. The third kappa shape index (κ3) is 6.02. The molecule has 2 nitrogen and oxygen atoms in total. The fourth-order valence-corrected chi connectivity index (χ4v) is 4.13. The molecule has 0 spiro atoms. The lowest BCUT2D eigenvalue weighted by Crippen LogP contribution is -2.31. The van der Waals surface area contributed by atoms with Crippen LogP contribution in [0, 0.1) is 0 Å². The Morgan fingerprint density at radius 3 is 2.20 bits per heavy atom. The second-order valence-electron chi connectivity index (χ2n) is 7.17. The van der Waals surface area contributed by atoms with E-state index in [2.05, 4.69) is 41.5 Å². The minimum atomic E-state index is -0.0711. The Morgan fingerprint density at radius 1 is 0.900 bits per heavy atom. The minimum absolute atomic E-state index is 0.000695. The zero-order chi connectivity index (χ0) is 21.5. The molecule has 3 aromatic carbocycles. The Balaban J connectivity index is 1.90. The van der Waals surface area contributed by atoms with Crippen molar-refractivity contribution in [3.8, 4) is 0 Å². The SMILES string of the molecule is C=C(NC)[C@H](N[C@H](CCc1ccc(Cl)cc1)c1ccc(Cl)cc1Cl)c1ccccc1. The van der Waals surface area contributed by atoms with Gasteiger partial charge in [-0.2, -0.15) is 0 Å². The lowest BCUT2D eigenvalue weighted by molar-refractivity contribution is 0.446. The molecule has 0 amide bonds. The van der Waals surface area contributed by atoms with E-state index in [1.807, 2.05) is 49.5 Å². The Labute approximate surface area is 193 Å². The fraction of sp³-hybridized carbons (Fsp3) is 0.200. The molecule has 0 bridgehead atoms. The summed E-state index contributed by atoms with van der Waals surface area (Å²) >= 11 is 18.8. The van der Waals surface area contributed by atoms with Crippen LogP contribution in [0.15, 0.2) is 85.1 Å². The van der Waals surface area contributed by atoms with Gasteiger partial charge in [0.15, 0.2) is 0 Å². The van der Waals surface area contributed by atoms with E-state index >= 15 is 0 Å². The van der Waals surface area contributed by atoms with Gasteiger partial charge in [0.25, 0.3) is 0 Å². The lowest BCUT2D eigenvalue weighted by atomic mass is 9.95. The summed E-state index contributed by atoms with van der Waals surface area (Å²) in [5.41, 5.74) is 4.26. The van der Waals surface area contributed by atoms with Crippen LogP contribution in [0.5, 0.6) is 0 Å². The standard InChI is InChI=1S/C25H25Cl3N2/c1-17(29-2)25(19-6-4-3-5-7-19)30-24(22-14-13-21(27)16-23(22)28)15-10-18-8-11-20(26)12-9-18/h3-9,11-14,16,24-25,29-30H,1,10,15H2,2H3/t24-,25+/m1/s1. The Morgan fingerprint density at radius 2 is 1.57 bits per heavy atom. The van der Waals surface area contributed by atoms with Crippen LogP contribution in [0.1, 0.15) is 35.2 Å². The molecular weight excluding hydrogens is 435 g/mol. The van der Waals surface area contributed by atoms with Gasteiger partial charge in [-0.3, -0.25) is 5.32 Å². The molecule has 0 saturated heterocycles. The largest absolute Gasteiger partial charge is 0.390 e. The van der Waals surface area contributed by atoms with Crippen molar-refractivity contribution < 1.29 is 0 Å². The van der Waals surface area contributed by atoms with Crippen molar-refractivity contribution in [2.45, 2.75) is 24.9 Å². The van der Waals surface area contributed by atoms with E-state index in [9.17, 15) is 0 Å². The van der Waals surface area contributed by atoms with Crippen LogP contribution in [0.3, 0.4) is 0 Å². The Hall–Kier alpha value is -1.97. The first-order chi connectivity index (χ1) is 14.5. The fourth-order valence-electron chi connectivity index (χ4n) is 3.46. The van der Waals surface area contributed by atoms with E-state index in [1.165, 1.54) is 5.56 Å². The van der Waals surface area contributed by atoms with E-state index in [0.29, 0.717) is 10.0 Å². The number of rotatable bonds is 9. The van der Waals surface area contributed by atoms with Crippen LogP contribution >= 0.6 is 34.8 Å². The van der Waals surface area contributed by atoms with Crippen molar-refractivity contribution in [2.75, 3.05) is 7.05 Å². The van der Waals surface area contributed by atoms with Gasteiger partial charge >= 0.3 is 0 Å². The average molecular weight is 460 g/mol. The number of hydrogen-bond acceptors (Lipinski definition) is 2. The maximum absolute atomic E-state index is 6.59. The zero-order valence-electron chi connectivity index (χ0n) is 16.8. The van der Waals surface area contributed by atoms with Crippen molar-refractivity contribution in [1.82, 2.24) is 10.6 Å². The molecular formula is C25H25Cl3N2. The van der Waals surface area contributed by atoms with Gasteiger partial charge in [-0.1, -0.05) is 89.9 Å². The highest BCUT2D eigenvalue weighted by Gasteiger charge is 2.22. The number of nitrogens with one attached hydrogen (secondary N) is 2. The summed E-state index contributed by atoms with van der Waals surface area (Å²) in [5.74, 6) is 0. The van der Waals surface area contributed by atoms with Gasteiger partial charge < -0.3 is 5.32 Å². The monoisotopic (exact) mass is 458 g/mol. The van der Waals surface area contributed by atoms with Crippen LogP contribution < -0.4 is 10.6 Å².